The molecule has 0 saturated carbocycles. The highest BCUT2D eigenvalue weighted by molar-refractivity contribution is 7.80. The van der Waals surface area contributed by atoms with E-state index in [-0.39, 0.29) is 17.3 Å². The van der Waals surface area contributed by atoms with Crippen molar-refractivity contribution in [3.8, 4) is 0 Å². The van der Waals surface area contributed by atoms with E-state index in [0.29, 0.717) is 29.9 Å². The molecule has 1 fully saturated rings. The summed E-state index contributed by atoms with van der Waals surface area (Å²) in [6.45, 7) is 0.385. The summed E-state index contributed by atoms with van der Waals surface area (Å²) in [6, 6.07) is 14.2. The Labute approximate surface area is 162 Å². The summed E-state index contributed by atoms with van der Waals surface area (Å²) in [5.74, 6) is -1.26. The van der Waals surface area contributed by atoms with Gasteiger partial charge in [-0.2, -0.15) is 0 Å². The van der Waals surface area contributed by atoms with Gasteiger partial charge in [0.25, 0.3) is 0 Å². The Hall–Kier alpha value is -2.60. The zero-order valence-electron chi connectivity index (χ0n) is 14.9. The number of ketones is 1. The minimum absolute atomic E-state index is 0.0399. The molecule has 6 heteroatoms. The van der Waals surface area contributed by atoms with Crippen molar-refractivity contribution in [1.29, 1.82) is 0 Å². The minimum Gasteiger partial charge on any atom is -0.467 e. The second-order valence-electron chi connectivity index (χ2n) is 6.45. The van der Waals surface area contributed by atoms with Crippen LogP contribution in [-0.2, 0) is 9.53 Å². The van der Waals surface area contributed by atoms with Crippen LogP contribution in [0.1, 0.15) is 34.8 Å². The lowest BCUT2D eigenvalue weighted by Gasteiger charge is -2.38. The Morgan fingerprint density at radius 3 is 2.44 bits per heavy atom. The summed E-state index contributed by atoms with van der Waals surface area (Å²) < 4.78 is 19.2. The molecule has 1 saturated heterocycles. The van der Waals surface area contributed by atoms with Gasteiger partial charge in [0.1, 0.15) is 5.82 Å². The smallest absolute Gasteiger partial charge is 0.333 e. The van der Waals surface area contributed by atoms with Crippen molar-refractivity contribution in [2.45, 2.75) is 18.9 Å². The number of rotatable bonds is 5. The number of halogens is 1. The van der Waals surface area contributed by atoms with E-state index in [0.717, 1.165) is 0 Å². The molecule has 2 atom stereocenters. The Morgan fingerprint density at radius 1 is 1.15 bits per heavy atom. The number of hydrogen-bond acceptors (Lipinski definition) is 4. The molecule has 1 aliphatic heterocycles. The highest BCUT2D eigenvalue weighted by Gasteiger charge is 2.37. The summed E-state index contributed by atoms with van der Waals surface area (Å²) in [4.78, 5) is 27.2. The largest absolute Gasteiger partial charge is 0.467 e. The van der Waals surface area contributed by atoms with Crippen molar-refractivity contribution in [3.05, 3.63) is 71.5 Å². The Kier molecular flexibility index (Phi) is 5.96. The molecule has 2 aromatic carbocycles. The fourth-order valence-corrected chi connectivity index (χ4v) is 3.81. The SMILES string of the molecule is COC(=O)C(c1ccccc1F)N1CCC(C(=O)c2ccccc2)CC1=S. The predicted octanol–water partition coefficient (Wildman–Crippen LogP) is 3.96. The van der Waals surface area contributed by atoms with Gasteiger partial charge in [-0.25, -0.2) is 9.18 Å². The van der Waals surface area contributed by atoms with E-state index in [1.807, 2.05) is 18.2 Å². The molecule has 0 aromatic heterocycles. The normalized spacial score (nSPS) is 18.1. The third-order valence-corrected chi connectivity index (χ3v) is 5.23. The molecule has 0 spiro atoms. The van der Waals surface area contributed by atoms with Crippen LogP contribution >= 0.6 is 12.2 Å². The van der Waals surface area contributed by atoms with Crippen LogP contribution in [0.4, 0.5) is 4.39 Å². The summed E-state index contributed by atoms with van der Waals surface area (Å²) in [7, 11) is 1.27. The second kappa shape index (κ2) is 8.39. The van der Waals surface area contributed by atoms with Crippen LogP contribution in [0.2, 0.25) is 0 Å². The first-order chi connectivity index (χ1) is 13.0. The zero-order chi connectivity index (χ0) is 19.4. The number of esters is 1. The molecule has 4 nitrogen and oxygen atoms in total. The Balaban J connectivity index is 1.81. The van der Waals surface area contributed by atoms with Crippen LogP contribution < -0.4 is 0 Å². The molecular formula is C21H20FNO3S. The van der Waals surface area contributed by atoms with Gasteiger partial charge >= 0.3 is 5.97 Å². The molecule has 27 heavy (non-hydrogen) atoms. The number of hydrogen-bond donors (Lipinski definition) is 0. The standard InChI is InChI=1S/C21H20FNO3S/c1-26-21(25)19(16-9-5-6-10-17(16)22)23-12-11-15(13-18(23)27)20(24)14-7-3-2-4-8-14/h2-10,15,19H,11-13H2,1H3. The van der Waals surface area contributed by atoms with Crippen LogP contribution in [0, 0.1) is 11.7 Å². The molecule has 3 rings (SSSR count). The van der Waals surface area contributed by atoms with E-state index in [2.05, 4.69) is 0 Å². The lowest BCUT2D eigenvalue weighted by Crippen LogP contribution is -2.45. The number of methoxy groups -OCH3 is 1. The third-order valence-electron chi connectivity index (χ3n) is 4.82. The third kappa shape index (κ3) is 4.06. The number of ether oxygens (including phenoxy) is 1. The fraction of sp³-hybridized carbons (Fsp3) is 0.286. The van der Waals surface area contributed by atoms with Gasteiger partial charge in [0, 0.05) is 30.0 Å². The van der Waals surface area contributed by atoms with E-state index in [9.17, 15) is 14.0 Å². The van der Waals surface area contributed by atoms with Gasteiger partial charge in [-0.05, 0) is 12.5 Å². The molecule has 2 unspecified atom stereocenters. The first-order valence-electron chi connectivity index (χ1n) is 8.74. The molecule has 2 aromatic rings. The maximum absolute atomic E-state index is 14.3. The average molecular weight is 385 g/mol. The first-order valence-corrected chi connectivity index (χ1v) is 9.14. The molecule has 0 amide bonds. The number of Topliss-reactive ketones (excluding diaryl/α,β-unsaturated/α-hetero) is 1. The first kappa shape index (κ1) is 19.2. The number of thiocarbonyl (C=S) groups is 1. The van der Waals surface area contributed by atoms with Gasteiger partial charge in [-0.15, -0.1) is 0 Å². The van der Waals surface area contributed by atoms with Crippen molar-refractivity contribution in [3.63, 3.8) is 0 Å². The van der Waals surface area contributed by atoms with E-state index in [1.165, 1.54) is 13.2 Å². The highest BCUT2D eigenvalue weighted by Crippen LogP contribution is 2.32. The summed E-state index contributed by atoms with van der Waals surface area (Å²) >= 11 is 5.50. The maximum atomic E-state index is 14.3. The molecule has 0 aliphatic carbocycles. The van der Waals surface area contributed by atoms with Crippen LogP contribution in [0.25, 0.3) is 0 Å². The number of piperidine rings is 1. The second-order valence-corrected chi connectivity index (χ2v) is 6.93. The number of nitrogens with zero attached hydrogens (tertiary/aromatic N) is 1. The Morgan fingerprint density at radius 2 is 1.81 bits per heavy atom. The van der Waals surface area contributed by atoms with Crippen molar-refractivity contribution < 1.29 is 18.7 Å². The average Bonchev–Trinajstić information content (AvgIpc) is 2.70. The monoisotopic (exact) mass is 385 g/mol. The van der Waals surface area contributed by atoms with Crippen LogP contribution in [0.15, 0.2) is 54.6 Å². The van der Waals surface area contributed by atoms with Gasteiger partial charge in [-0.1, -0.05) is 60.7 Å². The molecule has 0 bridgehead atoms. The van der Waals surface area contributed by atoms with Crippen molar-refractivity contribution in [1.82, 2.24) is 4.90 Å². The summed E-state index contributed by atoms with van der Waals surface area (Å²) in [6.07, 6.45) is 0.890. The molecular weight excluding hydrogens is 365 g/mol. The van der Waals surface area contributed by atoms with Gasteiger partial charge in [-0.3, -0.25) is 4.79 Å². The molecule has 140 valence electrons. The number of likely N-dealkylation sites (tertiary alicyclic amines) is 1. The molecule has 1 heterocycles. The van der Waals surface area contributed by atoms with Crippen LogP contribution in [0.3, 0.4) is 0 Å². The van der Waals surface area contributed by atoms with Crippen LogP contribution in [-0.4, -0.2) is 35.3 Å². The number of benzene rings is 2. The lowest BCUT2D eigenvalue weighted by atomic mass is 9.87. The van der Waals surface area contributed by atoms with Gasteiger partial charge < -0.3 is 9.64 Å². The topological polar surface area (TPSA) is 46.6 Å². The predicted molar refractivity (Wildman–Crippen MR) is 104 cm³/mol. The fourth-order valence-electron chi connectivity index (χ4n) is 3.42. The van der Waals surface area contributed by atoms with Gasteiger partial charge in [0.2, 0.25) is 0 Å². The zero-order valence-corrected chi connectivity index (χ0v) is 15.7. The van der Waals surface area contributed by atoms with Crippen molar-refractivity contribution in [2.75, 3.05) is 13.7 Å². The van der Waals surface area contributed by atoms with Gasteiger partial charge in [0.15, 0.2) is 11.8 Å². The summed E-state index contributed by atoms with van der Waals surface area (Å²) in [5.41, 5.74) is 0.872. The molecule has 1 aliphatic rings. The van der Waals surface area contributed by atoms with Crippen molar-refractivity contribution >= 4 is 29.0 Å². The highest BCUT2D eigenvalue weighted by atomic mass is 32.1. The Bertz CT molecular complexity index is 856. The summed E-state index contributed by atoms with van der Waals surface area (Å²) in [5, 5.41) is 0. The number of carbonyl (C=O) groups is 2. The minimum atomic E-state index is -0.948. The van der Waals surface area contributed by atoms with Crippen LogP contribution in [0.5, 0.6) is 0 Å². The van der Waals surface area contributed by atoms with Gasteiger partial charge in [0.05, 0.1) is 12.1 Å². The van der Waals surface area contributed by atoms with Crippen molar-refractivity contribution in [2.24, 2.45) is 5.92 Å². The molecule has 0 N–H and O–H groups in total. The van der Waals surface area contributed by atoms with E-state index in [1.54, 1.807) is 35.2 Å². The molecule has 0 radical (unpaired) electrons. The van der Waals surface area contributed by atoms with E-state index >= 15 is 0 Å². The van der Waals surface area contributed by atoms with E-state index < -0.39 is 17.8 Å². The lowest BCUT2D eigenvalue weighted by molar-refractivity contribution is -0.146. The number of carbonyl (C=O) groups excluding carboxylic acids is 2. The van der Waals surface area contributed by atoms with E-state index in [4.69, 9.17) is 17.0 Å². The maximum Gasteiger partial charge on any atom is 0.333 e. The quantitative estimate of drug-likeness (QED) is 0.443.